The molecule has 100 valence electrons. The van der Waals surface area contributed by atoms with Crippen LogP contribution in [0.3, 0.4) is 0 Å². The third-order valence-electron chi connectivity index (χ3n) is 2.76. The number of alkyl halides is 1. The Balaban J connectivity index is 2.26. The molecule has 2 aromatic rings. The summed E-state index contributed by atoms with van der Waals surface area (Å²) >= 11 is 5.61. The predicted octanol–water partition coefficient (Wildman–Crippen LogP) is 3.73. The number of nitro groups is 1. The molecule has 2 rings (SSSR count). The van der Waals surface area contributed by atoms with Gasteiger partial charge in [0.15, 0.2) is 11.7 Å². The lowest BCUT2D eigenvalue weighted by atomic mass is 10.1. The number of non-ortho nitro benzene ring substituents is 1. The molecule has 1 aromatic heterocycles. The molecule has 0 radical (unpaired) electrons. The SMILES string of the molecule is Cc1cc([N+](=O)[O-])ccc1-c1cnc(CCCCl)o1. The lowest BCUT2D eigenvalue weighted by Gasteiger charge is -2.01. The molecule has 0 bridgehead atoms. The highest BCUT2D eigenvalue weighted by Gasteiger charge is 2.12. The maximum Gasteiger partial charge on any atom is 0.269 e. The van der Waals surface area contributed by atoms with Gasteiger partial charge in [-0.05, 0) is 25.0 Å². The smallest absolute Gasteiger partial charge is 0.269 e. The maximum atomic E-state index is 10.7. The third-order valence-corrected chi connectivity index (χ3v) is 3.03. The summed E-state index contributed by atoms with van der Waals surface area (Å²) in [6, 6.07) is 4.67. The molecule has 5 nitrogen and oxygen atoms in total. The van der Waals surface area contributed by atoms with Gasteiger partial charge in [-0.1, -0.05) is 0 Å². The number of nitro benzene ring substituents is 1. The average molecular weight is 281 g/mol. The first-order valence-electron chi connectivity index (χ1n) is 5.88. The molecule has 1 aromatic carbocycles. The van der Waals surface area contributed by atoms with Crippen LogP contribution in [0.1, 0.15) is 17.9 Å². The molecule has 0 unspecified atom stereocenters. The quantitative estimate of drug-likeness (QED) is 0.475. The van der Waals surface area contributed by atoms with Crippen LogP contribution < -0.4 is 0 Å². The highest BCUT2D eigenvalue weighted by Crippen LogP contribution is 2.27. The first-order valence-corrected chi connectivity index (χ1v) is 6.41. The molecule has 0 N–H and O–H groups in total. The Labute approximate surface area is 115 Å². The minimum atomic E-state index is -0.414. The van der Waals surface area contributed by atoms with Crippen LogP contribution in [-0.4, -0.2) is 15.8 Å². The Morgan fingerprint density at radius 1 is 1.47 bits per heavy atom. The van der Waals surface area contributed by atoms with Gasteiger partial charge in [0.25, 0.3) is 5.69 Å². The summed E-state index contributed by atoms with van der Waals surface area (Å²) in [5.41, 5.74) is 1.67. The lowest BCUT2D eigenvalue weighted by Crippen LogP contribution is -1.90. The van der Waals surface area contributed by atoms with E-state index in [9.17, 15) is 10.1 Å². The van der Waals surface area contributed by atoms with Gasteiger partial charge in [0.2, 0.25) is 0 Å². The van der Waals surface area contributed by atoms with E-state index in [2.05, 4.69) is 4.98 Å². The fraction of sp³-hybridized carbons (Fsp3) is 0.308. The summed E-state index contributed by atoms with van der Waals surface area (Å²) in [5.74, 6) is 1.82. The molecular formula is C13H13ClN2O3. The number of oxazole rings is 1. The number of hydrogen-bond donors (Lipinski definition) is 0. The van der Waals surface area contributed by atoms with Crippen molar-refractivity contribution in [2.75, 3.05) is 5.88 Å². The van der Waals surface area contributed by atoms with Gasteiger partial charge in [-0.3, -0.25) is 10.1 Å². The Morgan fingerprint density at radius 2 is 2.26 bits per heavy atom. The van der Waals surface area contributed by atoms with Crippen LogP contribution in [-0.2, 0) is 6.42 Å². The van der Waals surface area contributed by atoms with Crippen LogP contribution >= 0.6 is 11.6 Å². The lowest BCUT2D eigenvalue weighted by molar-refractivity contribution is -0.384. The monoisotopic (exact) mass is 280 g/mol. The topological polar surface area (TPSA) is 69.2 Å². The molecule has 19 heavy (non-hydrogen) atoms. The fourth-order valence-corrected chi connectivity index (χ4v) is 1.94. The largest absolute Gasteiger partial charge is 0.441 e. The number of benzene rings is 1. The zero-order valence-electron chi connectivity index (χ0n) is 10.4. The van der Waals surface area contributed by atoms with Crippen LogP contribution in [0.4, 0.5) is 5.69 Å². The summed E-state index contributed by atoms with van der Waals surface area (Å²) < 4.78 is 5.61. The Kier molecular flexibility index (Phi) is 4.16. The van der Waals surface area contributed by atoms with E-state index in [1.54, 1.807) is 12.3 Å². The summed E-state index contributed by atoms with van der Waals surface area (Å²) in [4.78, 5) is 14.4. The molecule has 0 saturated carbocycles. The van der Waals surface area contributed by atoms with E-state index in [1.807, 2.05) is 6.92 Å². The van der Waals surface area contributed by atoms with Crippen LogP contribution in [0.25, 0.3) is 11.3 Å². The Morgan fingerprint density at radius 3 is 2.89 bits per heavy atom. The summed E-state index contributed by atoms with van der Waals surface area (Å²) in [5, 5.41) is 10.7. The number of hydrogen-bond acceptors (Lipinski definition) is 4. The molecule has 0 aliphatic carbocycles. The summed E-state index contributed by atoms with van der Waals surface area (Å²) in [6.45, 7) is 1.81. The van der Waals surface area contributed by atoms with Crippen molar-refractivity contribution in [1.82, 2.24) is 4.98 Å². The predicted molar refractivity (Wildman–Crippen MR) is 72.4 cm³/mol. The van der Waals surface area contributed by atoms with Gasteiger partial charge >= 0.3 is 0 Å². The van der Waals surface area contributed by atoms with E-state index in [-0.39, 0.29) is 5.69 Å². The second kappa shape index (κ2) is 5.84. The highest BCUT2D eigenvalue weighted by atomic mass is 35.5. The van der Waals surface area contributed by atoms with Crippen molar-refractivity contribution in [2.24, 2.45) is 0 Å². The van der Waals surface area contributed by atoms with E-state index in [4.69, 9.17) is 16.0 Å². The van der Waals surface area contributed by atoms with Gasteiger partial charge in [0, 0.05) is 30.0 Å². The molecule has 0 aliphatic rings. The van der Waals surface area contributed by atoms with Crippen LogP contribution in [0.5, 0.6) is 0 Å². The van der Waals surface area contributed by atoms with Crippen molar-refractivity contribution in [3.8, 4) is 11.3 Å². The first kappa shape index (κ1) is 13.5. The van der Waals surface area contributed by atoms with Crippen molar-refractivity contribution >= 4 is 17.3 Å². The zero-order chi connectivity index (χ0) is 13.8. The molecule has 1 heterocycles. The fourth-order valence-electron chi connectivity index (χ4n) is 1.81. The number of halogens is 1. The normalized spacial score (nSPS) is 10.6. The molecular weight excluding hydrogens is 268 g/mol. The molecule has 0 atom stereocenters. The second-order valence-corrected chi connectivity index (χ2v) is 4.55. The van der Waals surface area contributed by atoms with Crippen LogP contribution in [0.2, 0.25) is 0 Å². The second-order valence-electron chi connectivity index (χ2n) is 4.17. The van der Waals surface area contributed by atoms with Gasteiger partial charge < -0.3 is 4.42 Å². The van der Waals surface area contributed by atoms with Gasteiger partial charge in [0.05, 0.1) is 11.1 Å². The van der Waals surface area contributed by atoms with Crippen molar-refractivity contribution in [3.63, 3.8) is 0 Å². The van der Waals surface area contributed by atoms with E-state index in [1.165, 1.54) is 12.1 Å². The van der Waals surface area contributed by atoms with Gasteiger partial charge in [-0.2, -0.15) is 0 Å². The molecule has 0 aliphatic heterocycles. The maximum absolute atomic E-state index is 10.7. The van der Waals surface area contributed by atoms with E-state index < -0.39 is 4.92 Å². The first-order chi connectivity index (χ1) is 9.11. The minimum Gasteiger partial charge on any atom is -0.441 e. The van der Waals surface area contributed by atoms with Crippen LogP contribution in [0, 0.1) is 17.0 Å². The van der Waals surface area contributed by atoms with Crippen LogP contribution in [0.15, 0.2) is 28.8 Å². The number of aromatic nitrogens is 1. The number of rotatable bonds is 5. The molecule has 0 fully saturated rings. The van der Waals surface area contributed by atoms with Crippen molar-refractivity contribution in [1.29, 1.82) is 0 Å². The zero-order valence-corrected chi connectivity index (χ0v) is 11.2. The Bertz CT molecular complexity index is 595. The molecule has 0 amide bonds. The highest BCUT2D eigenvalue weighted by molar-refractivity contribution is 6.17. The standard InChI is InChI=1S/C13H13ClN2O3/c1-9-7-10(16(17)18)4-5-11(9)12-8-15-13(19-12)3-2-6-14/h4-5,7-8H,2-3,6H2,1H3. The van der Waals surface area contributed by atoms with E-state index in [0.29, 0.717) is 24.0 Å². The molecule has 6 heteroatoms. The average Bonchev–Trinajstić information content (AvgIpc) is 2.84. The Hall–Kier alpha value is -1.88. The van der Waals surface area contributed by atoms with Gasteiger partial charge in [-0.25, -0.2) is 4.98 Å². The summed E-state index contributed by atoms with van der Waals surface area (Å²) in [6.07, 6.45) is 3.13. The molecule has 0 spiro atoms. The minimum absolute atomic E-state index is 0.0723. The van der Waals surface area contributed by atoms with Crippen molar-refractivity contribution in [3.05, 3.63) is 46.0 Å². The van der Waals surface area contributed by atoms with Crippen molar-refractivity contribution < 1.29 is 9.34 Å². The van der Waals surface area contributed by atoms with Gasteiger partial charge in [-0.15, -0.1) is 11.6 Å². The van der Waals surface area contributed by atoms with Crippen molar-refractivity contribution in [2.45, 2.75) is 19.8 Å². The van der Waals surface area contributed by atoms with E-state index in [0.717, 1.165) is 17.5 Å². The summed E-state index contributed by atoms with van der Waals surface area (Å²) in [7, 11) is 0. The molecule has 0 saturated heterocycles. The third kappa shape index (κ3) is 3.12. The van der Waals surface area contributed by atoms with Gasteiger partial charge in [0.1, 0.15) is 0 Å². The number of nitrogens with zero attached hydrogens (tertiary/aromatic N) is 2. The van der Waals surface area contributed by atoms with E-state index >= 15 is 0 Å². The number of aryl methyl sites for hydroxylation is 2.